The molecule has 2 amide bonds. The number of amides is 2. The summed E-state index contributed by atoms with van der Waals surface area (Å²) in [6.45, 7) is 0.773. The van der Waals surface area contributed by atoms with Gasteiger partial charge in [-0.2, -0.15) is 0 Å². The maximum absolute atomic E-state index is 11.7. The van der Waals surface area contributed by atoms with E-state index in [4.69, 9.17) is 5.11 Å². The highest BCUT2D eigenvalue weighted by molar-refractivity contribution is 6.05. The zero-order valence-electron chi connectivity index (χ0n) is 10.2. The standard InChI is InChI=1S/C12H18N2O4/c15-10-7-9(12(18)13-10)14-6-2-1-3-8(14)4-5-11(16)17/h8-9H,1-7H2,(H,16,17)(H,13,15,18). The first-order valence-electron chi connectivity index (χ1n) is 6.39. The maximum atomic E-state index is 11.7. The zero-order chi connectivity index (χ0) is 13.1. The second-order valence-electron chi connectivity index (χ2n) is 4.95. The Kier molecular flexibility index (Phi) is 3.96. The number of aliphatic carboxylic acids is 1. The van der Waals surface area contributed by atoms with Crippen molar-refractivity contribution in [2.45, 2.75) is 50.6 Å². The van der Waals surface area contributed by atoms with Crippen molar-refractivity contribution in [1.29, 1.82) is 0 Å². The van der Waals surface area contributed by atoms with E-state index in [1.165, 1.54) is 0 Å². The van der Waals surface area contributed by atoms with E-state index < -0.39 is 12.0 Å². The summed E-state index contributed by atoms with van der Waals surface area (Å²) in [5.41, 5.74) is 0. The summed E-state index contributed by atoms with van der Waals surface area (Å²) in [5.74, 6) is -1.28. The summed E-state index contributed by atoms with van der Waals surface area (Å²) in [6.07, 6.45) is 3.84. The first-order valence-corrected chi connectivity index (χ1v) is 6.39. The third-order valence-corrected chi connectivity index (χ3v) is 3.71. The SMILES string of the molecule is O=C(O)CCC1CCCCN1C1CC(=O)NC1=O. The number of carboxylic acid groups (broad SMARTS) is 1. The number of hydrogen-bond acceptors (Lipinski definition) is 4. The fourth-order valence-corrected chi connectivity index (χ4v) is 2.84. The predicted molar refractivity (Wildman–Crippen MR) is 62.8 cm³/mol. The van der Waals surface area contributed by atoms with Crippen molar-refractivity contribution in [2.75, 3.05) is 6.54 Å². The highest BCUT2D eigenvalue weighted by Crippen LogP contribution is 2.25. The van der Waals surface area contributed by atoms with Crippen LogP contribution >= 0.6 is 0 Å². The van der Waals surface area contributed by atoms with Crippen molar-refractivity contribution in [3.05, 3.63) is 0 Å². The largest absolute Gasteiger partial charge is 0.481 e. The Balaban J connectivity index is 2.01. The normalized spacial score (nSPS) is 29.3. The van der Waals surface area contributed by atoms with Gasteiger partial charge < -0.3 is 5.11 Å². The molecule has 0 bridgehead atoms. The minimum Gasteiger partial charge on any atom is -0.481 e. The smallest absolute Gasteiger partial charge is 0.303 e. The Morgan fingerprint density at radius 1 is 1.39 bits per heavy atom. The molecule has 6 heteroatoms. The third-order valence-electron chi connectivity index (χ3n) is 3.71. The topological polar surface area (TPSA) is 86.7 Å². The molecule has 2 rings (SSSR count). The number of likely N-dealkylation sites (tertiary alicyclic amines) is 1. The average molecular weight is 254 g/mol. The summed E-state index contributed by atoms with van der Waals surface area (Å²) < 4.78 is 0. The number of carbonyl (C=O) groups excluding carboxylic acids is 2. The molecule has 2 unspecified atom stereocenters. The molecule has 2 N–H and O–H groups in total. The van der Waals surface area contributed by atoms with Crippen LogP contribution in [0.15, 0.2) is 0 Å². The van der Waals surface area contributed by atoms with Gasteiger partial charge in [-0.1, -0.05) is 6.42 Å². The van der Waals surface area contributed by atoms with Crippen LogP contribution in [0, 0.1) is 0 Å². The van der Waals surface area contributed by atoms with Gasteiger partial charge in [0.05, 0.1) is 12.5 Å². The van der Waals surface area contributed by atoms with Crippen LogP contribution < -0.4 is 5.32 Å². The number of rotatable bonds is 4. The fourth-order valence-electron chi connectivity index (χ4n) is 2.84. The first-order chi connectivity index (χ1) is 8.58. The van der Waals surface area contributed by atoms with Crippen molar-refractivity contribution in [1.82, 2.24) is 10.2 Å². The minimum atomic E-state index is -0.813. The lowest BCUT2D eigenvalue weighted by Crippen LogP contribution is -2.49. The van der Waals surface area contributed by atoms with Crippen LogP contribution in [0.1, 0.15) is 38.5 Å². The van der Waals surface area contributed by atoms with Gasteiger partial charge in [0.25, 0.3) is 0 Å². The predicted octanol–water partition coefficient (Wildman–Crippen LogP) is 0.121. The minimum absolute atomic E-state index is 0.108. The summed E-state index contributed by atoms with van der Waals surface area (Å²) in [6, 6.07) is -0.284. The molecule has 18 heavy (non-hydrogen) atoms. The van der Waals surface area contributed by atoms with E-state index in [2.05, 4.69) is 5.32 Å². The molecule has 2 atom stereocenters. The molecule has 2 saturated heterocycles. The number of carboxylic acids is 1. The lowest BCUT2D eigenvalue weighted by molar-refractivity contribution is -0.137. The van der Waals surface area contributed by atoms with E-state index >= 15 is 0 Å². The number of carbonyl (C=O) groups is 3. The Hall–Kier alpha value is -1.43. The molecule has 0 spiro atoms. The Morgan fingerprint density at radius 2 is 2.17 bits per heavy atom. The molecule has 6 nitrogen and oxygen atoms in total. The second-order valence-corrected chi connectivity index (χ2v) is 4.95. The third kappa shape index (κ3) is 2.87. The lowest BCUT2D eigenvalue weighted by Gasteiger charge is -2.38. The molecule has 0 aromatic heterocycles. The molecule has 0 radical (unpaired) electrons. The number of imide groups is 1. The van der Waals surface area contributed by atoms with Gasteiger partial charge in [-0.05, 0) is 25.8 Å². The highest BCUT2D eigenvalue weighted by atomic mass is 16.4. The monoisotopic (exact) mass is 254 g/mol. The van der Waals surface area contributed by atoms with Gasteiger partial charge in [-0.25, -0.2) is 0 Å². The average Bonchev–Trinajstić information content (AvgIpc) is 2.66. The van der Waals surface area contributed by atoms with E-state index in [9.17, 15) is 14.4 Å². The number of nitrogens with one attached hydrogen (secondary N) is 1. The van der Waals surface area contributed by atoms with Gasteiger partial charge in [-0.3, -0.25) is 24.6 Å². The van der Waals surface area contributed by atoms with Crippen molar-refractivity contribution in [3.63, 3.8) is 0 Å². The quantitative estimate of drug-likeness (QED) is 0.696. The first kappa shape index (κ1) is 13.0. The number of nitrogens with zero attached hydrogens (tertiary/aromatic N) is 1. The van der Waals surface area contributed by atoms with E-state index in [1.54, 1.807) is 0 Å². The molecular weight excluding hydrogens is 236 g/mol. The summed E-state index contributed by atoms with van der Waals surface area (Å²) >= 11 is 0. The second kappa shape index (κ2) is 5.48. The highest BCUT2D eigenvalue weighted by Gasteiger charge is 2.39. The molecule has 0 aromatic rings. The molecule has 100 valence electrons. The van der Waals surface area contributed by atoms with Crippen LogP contribution in [-0.2, 0) is 14.4 Å². The van der Waals surface area contributed by atoms with Crippen molar-refractivity contribution < 1.29 is 19.5 Å². The van der Waals surface area contributed by atoms with E-state index in [0.717, 1.165) is 25.8 Å². The van der Waals surface area contributed by atoms with Crippen molar-refractivity contribution >= 4 is 17.8 Å². The van der Waals surface area contributed by atoms with Gasteiger partial charge in [0, 0.05) is 12.5 Å². The summed E-state index contributed by atoms with van der Waals surface area (Å²) in [4.78, 5) is 35.6. The van der Waals surface area contributed by atoms with Gasteiger partial charge in [0.1, 0.15) is 0 Å². The van der Waals surface area contributed by atoms with Crippen LogP contribution in [0.3, 0.4) is 0 Å². The Labute approximate surface area is 105 Å². The number of hydrogen-bond donors (Lipinski definition) is 2. The molecular formula is C12H18N2O4. The van der Waals surface area contributed by atoms with E-state index in [0.29, 0.717) is 6.42 Å². The van der Waals surface area contributed by atoms with Gasteiger partial charge in [0.2, 0.25) is 11.8 Å². The molecule has 2 heterocycles. The van der Waals surface area contributed by atoms with E-state index in [-0.39, 0.29) is 30.7 Å². The van der Waals surface area contributed by atoms with Crippen LogP contribution in [-0.4, -0.2) is 46.4 Å². The van der Waals surface area contributed by atoms with Crippen molar-refractivity contribution in [3.8, 4) is 0 Å². The zero-order valence-corrected chi connectivity index (χ0v) is 10.2. The van der Waals surface area contributed by atoms with Crippen LogP contribution in [0.2, 0.25) is 0 Å². The van der Waals surface area contributed by atoms with Crippen LogP contribution in [0.25, 0.3) is 0 Å². The molecule has 0 saturated carbocycles. The lowest BCUT2D eigenvalue weighted by atomic mass is 9.95. The Morgan fingerprint density at radius 3 is 2.78 bits per heavy atom. The fraction of sp³-hybridized carbons (Fsp3) is 0.750. The van der Waals surface area contributed by atoms with Gasteiger partial charge in [-0.15, -0.1) is 0 Å². The summed E-state index contributed by atoms with van der Waals surface area (Å²) in [7, 11) is 0. The van der Waals surface area contributed by atoms with Crippen LogP contribution in [0.5, 0.6) is 0 Å². The molecule has 2 fully saturated rings. The molecule has 0 aliphatic carbocycles. The molecule has 2 aliphatic heterocycles. The Bertz CT molecular complexity index is 369. The van der Waals surface area contributed by atoms with Gasteiger partial charge in [0.15, 0.2) is 0 Å². The van der Waals surface area contributed by atoms with Crippen LogP contribution in [0.4, 0.5) is 0 Å². The molecule has 2 aliphatic rings. The maximum Gasteiger partial charge on any atom is 0.303 e. The van der Waals surface area contributed by atoms with Gasteiger partial charge >= 0.3 is 5.97 Å². The summed E-state index contributed by atoms with van der Waals surface area (Å²) in [5, 5.41) is 11.1. The number of piperidine rings is 1. The van der Waals surface area contributed by atoms with Crippen molar-refractivity contribution in [2.24, 2.45) is 0 Å². The van der Waals surface area contributed by atoms with E-state index in [1.807, 2.05) is 4.90 Å². The molecule has 0 aromatic carbocycles.